The van der Waals surface area contributed by atoms with Gasteiger partial charge >= 0.3 is 0 Å². The van der Waals surface area contributed by atoms with Crippen molar-refractivity contribution in [3.05, 3.63) is 57.8 Å². The number of hydrogen-bond acceptors (Lipinski definition) is 1. The van der Waals surface area contributed by atoms with E-state index in [1.165, 1.54) is 18.2 Å². The maximum absolute atomic E-state index is 13.0. The van der Waals surface area contributed by atoms with Gasteiger partial charge in [-0.2, -0.15) is 0 Å². The normalized spacial score (nSPS) is 10.3. The Morgan fingerprint density at radius 1 is 1.06 bits per heavy atom. The van der Waals surface area contributed by atoms with Crippen LogP contribution in [0.1, 0.15) is 10.4 Å². The topological polar surface area (TPSA) is 17.1 Å². The molecule has 2 rings (SSSR count). The highest BCUT2D eigenvalue weighted by molar-refractivity contribution is 6.43. The van der Waals surface area contributed by atoms with Gasteiger partial charge in [0.2, 0.25) is 0 Å². The first-order valence-electron chi connectivity index (χ1n) is 4.82. The van der Waals surface area contributed by atoms with E-state index in [0.717, 1.165) is 0 Å². The smallest absolute Gasteiger partial charge is 0.150 e. The number of halogens is 3. The highest BCUT2D eigenvalue weighted by Gasteiger charge is 2.11. The number of aldehydes is 1. The van der Waals surface area contributed by atoms with Crippen molar-refractivity contribution in [2.24, 2.45) is 0 Å². The van der Waals surface area contributed by atoms with Gasteiger partial charge in [-0.1, -0.05) is 41.4 Å². The van der Waals surface area contributed by atoms with Crippen molar-refractivity contribution in [1.82, 2.24) is 0 Å². The van der Waals surface area contributed by atoms with Crippen LogP contribution in [0, 0.1) is 5.82 Å². The van der Waals surface area contributed by atoms with Crippen LogP contribution in [-0.4, -0.2) is 6.29 Å². The summed E-state index contributed by atoms with van der Waals surface area (Å²) in [6.07, 6.45) is 0.593. The summed E-state index contributed by atoms with van der Waals surface area (Å²) >= 11 is 12.0. The van der Waals surface area contributed by atoms with Gasteiger partial charge in [0.15, 0.2) is 6.29 Å². The van der Waals surface area contributed by atoms with E-state index in [4.69, 9.17) is 23.2 Å². The molecule has 0 atom stereocenters. The van der Waals surface area contributed by atoms with Gasteiger partial charge in [0, 0.05) is 11.1 Å². The molecule has 0 saturated carbocycles. The van der Waals surface area contributed by atoms with Crippen molar-refractivity contribution >= 4 is 29.5 Å². The Kier molecular flexibility index (Phi) is 3.46. The average molecular weight is 269 g/mol. The summed E-state index contributed by atoms with van der Waals surface area (Å²) in [7, 11) is 0. The zero-order chi connectivity index (χ0) is 12.4. The Bertz CT molecular complexity index is 582. The van der Waals surface area contributed by atoms with Crippen LogP contribution in [0.3, 0.4) is 0 Å². The first kappa shape index (κ1) is 12.1. The van der Waals surface area contributed by atoms with Gasteiger partial charge in [-0.3, -0.25) is 4.79 Å². The van der Waals surface area contributed by atoms with Gasteiger partial charge in [0.25, 0.3) is 0 Å². The van der Waals surface area contributed by atoms with Crippen molar-refractivity contribution in [1.29, 1.82) is 0 Å². The SMILES string of the molecule is O=Cc1cc(F)ccc1-c1cccc(Cl)c1Cl. The maximum atomic E-state index is 13.0. The fourth-order valence-electron chi connectivity index (χ4n) is 1.59. The quantitative estimate of drug-likeness (QED) is 0.727. The van der Waals surface area contributed by atoms with Crippen molar-refractivity contribution in [2.75, 3.05) is 0 Å². The Labute approximate surface area is 108 Å². The van der Waals surface area contributed by atoms with E-state index in [9.17, 15) is 9.18 Å². The molecule has 0 aliphatic heterocycles. The van der Waals surface area contributed by atoms with E-state index in [-0.39, 0.29) is 5.56 Å². The van der Waals surface area contributed by atoms with Crippen LogP contribution in [0.5, 0.6) is 0 Å². The first-order valence-corrected chi connectivity index (χ1v) is 5.58. The molecule has 0 bridgehead atoms. The van der Waals surface area contributed by atoms with Gasteiger partial charge in [-0.25, -0.2) is 4.39 Å². The largest absolute Gasteiger partial charge is 0.298 e. The van der Waals surface area contributed by atoms with Gasteiger partial charge < -0.3 is 0 Å². The van der Waals surface area contributed by atoms with E-state index in [2.05, 4.69) is 0 Å². The van der Waals surface area contributed by atoms with Gasteiger partial charge in [-0.05, 0) is 23.8 Å². The van der Waals surface area contributed by atoms with Crippen LogP contribution in [0.4, 0.5) is 4.39 Å². The Hall–Kier alpha value is -1.38. The van der Waals surface area contributed by atoms with E-state index in [0.29, 0.717) is 27.5 Å². The van der Waals surface area contributed by atoms with Gasteiger partial charge in [0.1, 0.15) is 5.82 Å². The number of hydrogen-bond donors (Lipinski definition) is 0. The molecule has 0 aliphatic rings. The summed E-state index contributed by atoms with van der Waals surface area (Å²) in [5, 5.41) is 0.745. The number of rotatable bonds is 2. The van der Waals surface area contributed by atoms with Gasteiger partial charge in [0.05, 0.1) is 10.0 Å². The van der Waals surface area contributed by atoms with E-state index in [1.807, 2.05) is 0 Å². The second kappa shape index (κ2) is 4.86. The molecule has 0 spiro atoms. The fraction of sp³-hybridized carbons (Fsp3) is 0. The molecule has 0 unspecified atom stereocenters. The predicted octanol–water partition coefficient (Wildman–Crippen LogP) is 4.61. The van der Waals surface area contributed by atoms with Crippen LogP contribution in [-0.2, 0) is 0 Å². The van der Waals surface area contributed by atoms with Crippen molar-refractivity contribution in [3.8, 4) is 11.1 Å². The molecule has 0 radical (unpaired) electrons. The summed E-state index contributed by atoms with van der Waals surface area (Å²) in [6.45, 7) is 0. The molecule has 0 heterocycles. The van der Waals surface area contributed by atoms with Crippen molar-refractivity contribution in [2.45, 2.75) is 0 Å². The minimum atomic E-state index is -0.464. The van der Waals surface area contributed by atoms with Crippen molar-refractivity contribution < 1.29 is 9.18 Å². The standard InChI is InChI=1S/C13H7Cl2FO/c14-12-3-1-2-11(13(12)15)10-5-4-9(16)6-8(10)7-17/h1-7H. The molecule has 86 valence electrons. The minimum Gasteiger partial charge on any atom is -0.298 e. The highest BCUT2D eigenvalue weighted by Crippen LogP contribution is 2.34. The third-order valence-electron chi connectivity index (χ3n) is 2.38. The molecular formula is C13H7Cl2FO. The Morgan fingerprint density at radius 2 is 1.82 bits per heavy atom. The molecule has 0 N–H and O–H groups in total. The third kappa shape index (κ3) is 2.33. The Balaban J connectivity index is 2.68. The van der Waals surface area contributed by atoms with Gasteiger partial charge in [-0.15, -0.1) is 0 Å². The monoisotopic (exact) mass is 268 g/mol. The van der Waals surface area contributed by atoms with Crippen LogP contribution >= 0.6 is 23.2 Å². The summed E-state index contributed by atoms with van der Waals surface area (Å²) in [4.78, 5) is 10.9. The lowest BCUT2D eigenvalue weighted by atomic mass is 10.0. The van der Waals surface area contributed by atoms with Crippen LogP contribution in [0.15, 0.2) is 36.4 Å². The average Bonchev–Trinajstić information content (AvgIpc) is 2.33. The predicted molar refractivity (Wildman–Crippen MR) is 67.2 cm³/mol. The zero-order valence-electron chi connectivity index (χ0n) is 8.58. The summed E-state index contributed by atoms with van der Waals surface area (Å²) in [6, 6.07) is 9.06. The summed E-state index contributed by atoms with van der Waals surface area (Å²) in [5.41, 5.74) is 1.42. The molecule has 0 aromatic heterocycles. The molecule has 4 heteroatoms. The van der Waals surface area contributed by atoms with E-state index >= 15 is 0 Å². The van der Waals surface area contributed by atoms with Crippen LogP contribution in [0.2, 0.25) is 10.0 Å². The molecule has 2 aromatic carbocycles. The molecule has 0 amide bonds. The lowest BCUT2D eigenvalue weighted by molar-refractivity contribution is 0.112. The molecule has 17 heavy (non-hydrogen) atoms. The maximum Gasteiger partial charge on any atom is 0.150 e. The third-order valence-corrected chi connectivity index (χ3v) is 3.20. The minimum absolute atomic E-state index is 0.245. The first-order chi connectivity index (χ1) is 8.13. The molecular weight excluding hydrogens is 262 g/mol. The number of benzene rings is 2. The van der Waals surface area contributed by atoms with Crippen molar-refractivity contribution in [3.63, 3.8) is 0 Å². The second-order valence-corrected chi connectivity index (χ2v) is 4.24. The van der Waals surface area contributed by atoms with Crippen LogP contribution < -0.4 is 0 Å². The lowest BCUT2D eigenvalue weighted by Gasteiger charge is -2.08. The number of carbonyl (C=O) groups is 1. The highest BCUT2D eigenvalue weighted by atomic mass is 35.5. The van der Waals surface area contributed by atoms with E-state index < -0.39 is 5.82 Å². The van der Waals surface area contributed by atoms with E-state index in [1.54, 1.807) is 18.2 Å². The molecule has 0 saturated heterocycles. The Morgan fingerprint density at radius 3 is 2.53 bits per heavy atom. The summed E-state index contributed by atoms with van der Waals surface area (Å²) in [5.74, 6) is -0.464. The zero-order valence-corrected chi connectivity index (χ0v) is 10.1. The van der Waals surface area contributed by atoms with Crippen LogP contribution in [0.25, 0.3) is 11.1 Å². The molecule has 0 fully saturated rings. The molecule has 0 aliphatic carbocycles. The molecule has 1 nitrogen and oxygen atoms in total. The molecule has 2 aromatic rings. The second-order valence-electron chi connectivity index (χ2n) is 3.45. The lowest BCUT2D eigenvalue weighted by Crippen LogP contribution is -1.90. The summed E-state index contributed by atoms with van der Waals surface area (Å²) < 4.78 is 13.0. The fourth-order valence-corrected chi connectivity index (χ4v) is 1.99. The number of carbonyl (C=O) groups excluding carboxylic acids is 1.